The van der Waals surface area contributed by atoms with Gasteiger partial charge in [0.2, 0.25) is 6.79 Å². The zero-order valence-electron chi connectivity index (χ0n) is 14.7. The Kier molecular flexibility index (Phi) is 5.52. The molecule has 8 heteroatoms. The molecule has 0 spiro atoms. The van der Waals surface area contributed by atoms with Crippen molar-refractivity contribution in [1.82, 2.24) is 14.8 Å². The number of hydrogen-bond acceptors (Lipinski definition) is 6. The van der Waals surface area contributed by atoms with Crippen molar-refractivity contribution < 1.29 is 14.2 Å². The molecule has 27 heavy (non-hydrogen) atoms. The Morgan fingerprint density at radius 2 is 1.93 bits per heavy atom. The Labute approximate surface area is 166 Å². The molecular formula is C19H18ClN3O3S. The maximum absolute atomic E-state index is 6.00. The van der Waals surface area contributed by atoms with E-state index >= 15 is 0 Å². The number of nitrogens with zero attached hydrogens (tertiary/aromatic N) is 3. The van der Waals surface area contributed by atoms with E-state index in [0.29, 0.717) is 18.2 Å². The van der Waals surface area contributed by atoms with E-state index in [-0.39, 0.29) is 6.79 Å². The highest BCUT2D eigenvalue weighted by Gasteiger charge is 2.16. The Morgan fingerprint density at radius 1 is 1.11 bits per heavy atom. The number of hydrogen-bond donors (Lipinski definition) is 0. The van der Waals surface area contributed by atoms with E-state index < -0.39 is 0 Å². The van der Waals surface area contributed by atoms with E-state index in [9.17, 15) is 0 Å². The molecule has 0 fully saturated rings. The van der Waals surface area contributed by atoms with Crippen LogP contribution in [-0.2, 0) is 17.0 Å². The molecule has 0 aliphatic carbocycles. The van der Waals surface area contributed by atoms with Crippen LogP contribution in [0.4, 0.5) is 0 Å². The minimum atomic E-state index is 0.279. The Hall–Kier alpha value is -2.22. The molecule has 0 bridgehead atoms. The lowest BCUT2D eigenvalue weighted by molar-refractivity contribution is 0.174. The quantitative estimate of drug-likeness (QED) is 0.549. The van der Waals surface area contributed by atoms with Gasteiger partial charge in [-0.1, -0.05) is 29.4 Å². The molecule has 2 heterocycles. The Bertz CT molecular complexity index is 930. The molecule has 0 atom stereocenters. The van der Waals surface area contributed by atoms with Crippen molar-refractivity contribution in [2.24, 2.45) is 0 Å². The number of benzene rings is 2. The summed E-state index contributed by atoms with van der Waals surface area (Å²) in [6.07, 6.45) is 0. The Balaban J connectivity index is 1.55. The predicted molar refractivity (Wildman–Crippen MR) is 104 cm³/mol. The highest BCUT2D eigenvalue weighted by molar-refractivity contribution is 7.98. The summed E-state index contributed by atoms with van der Waals surface area (Å²) in [5.41, 5.74) is 2.11. The standard InChI is InChI=1S/C19H18ClN3O3S/c1-24-9-8-23-18(14-3-5-15(20)6-4-14)21-22-19(23)27-11-13-2-7-16-17(10-13)26-12-25-16/h2-7,10H,8-9,11-12H2,1H3. The first kappa shape index (κ1) is 18.2. The van der Waals surface area contributed by atoms with E-state index in [1.807, 2.05) is 42.5 Å². The first-order chi connectivity index (χ1) is 13.2. The third-order valence-corrected chi connectivity index (χ3v) is 5.43. The van der Waals surface area contributed by atoms with Crippen LogP contribution in [0.5, 0.6) is 11.5 Å². The minimum Gasteiger partial charge on any atom is -0.454 e. The van der Waals surface area contributed by atoms with Gasteiger partial charge < -0.3 is 14.2 Å². The van der Waals surface area contributed by atoms with Gasteiger partial charge in [-0.05, 0) is 42.0 Å². The largest absolute Gasteiger partial charge is 0.454 e. The molecule has 0 N–H and O–H groups in total. The van der Waals surface area contributed by atoms with Crippen LogP contribution in [0, 0.1) is 0 Å². The fourth-order valence-corrected chi connectivity index (χ4v) is 3.80. The maximum atomic E-state index is 6.00. The molecular weight excluding hydrogens is 386 g/mol. The molecule has 1 aromatic heterocycles. The predicted octanol–water partition coefficient (Wildman–Crippen LogP) is 4.27. The van der Waals surface area contributed by atoms with Crippen molar-refractivity contribution in [2.45, 2.75) is 17.5 Å². The van der Waals surface area contributed by atoms with E-state index in [1.165, 1.54) is 0 Å². The molecule has 6 nitrogen and oxygen atoms in total. The first-order valence-corrected chi connectivity index (χ1v) is 9.80. The van der Waals surface area contributed by atoms with Crippen LogP contribution in [0.25, 0.3) is 11.4 Å². The van der Waals surface area contributed by atoms with Gasteiger partial charge in [-0.3, -0.25) is 4.57 Å². The second-order valence-electron chi connectivity index (χ2n) is 5.93. The molecule has 1 aliphatic rings. The van der Waals surface area contributed by atoms with Crippen molar-refractivity contribution in [3.8, 4) is 22.9 Å². The number of ether oxygens (including phenoxy) is 3. The van der Waals surface area contributed by atoms with E-state index in [1.54, 1.807) is 18.9 Å². The van der Waals surface area contributed by atoms with Gasteiger partial charge in [-0.2, -0.15) is 0 Å². The second-order valence-corrected chi connectivity index (χ2v) is 7.31. The molecule has 0 saturated heterocycles. The third kappa shape index (κ3) is 4.05. The summed E-state index contributed by atoms with van der Waals surface area (Å²) in [6, 6.07) is 13.6. The van der Waals surface area contributed by atoms with E-state index in [2.05, 4.69) is 14.8 Å². The first-order valence-electron chi connectivity index (χ1n) is 8.44. The highest BCUT2D eigenvalue weighted by atomic mass is 35.5. The molecule has 1 aliphatic heterocycles. The second kappa shape index (κ2) is 8.21. The van der Waals surface area contributed by atoms with Gasteiger partial charge in [0.1, 0.15) is 0 Å². The topological polar surface area (TPSA) is 58.4 Å². The van der Waals surface area contributed by atoms with E-state index in [4.69, 9.17) is 25.8 Å². The molecule has 2 aromatic carbocycles. The fraction of sp³-hybridized carbons (Fsp3) is 0.263. The lowest BCUT2D eigenvalue weighted by atomic mass is 10.2. The smallest absolute Gasteiger partial charge is 0.231 e. The van der Waals surface area contributed by atoms with Crippen LogP contribution in [-0.4, -0.2) is 35.3 Å². The van der Waals surface area contributed by atoms with Gasteiger partial charge in [-0.25, -0.2) is 0 Å². The number of thioether (sulfide) groups is 1. The van der Waals surface area contributed by atoms with Gasteiger partial charge in [-0.15, -0.1) is 10.2 Å². The van der Waals surface area contributed by atoms with Gasteiger partial charge in [0, 0.05) is 23.4 Å². The van der Waals surface area contributed by atoms with Crippen molar-refractivity contribution >= 4 is 23.4 Å². The molecule has 0 amide bonds. The number of methoxy groups -OCH3 is 1. The summed E-state index contributed by atoms with van der Waals surface area (Å²) < 4.78 is 18.1. The molecule has 3 aromatic rings. The summed E-state index contributed by atoms with van der Waals surface area (Å²) in [5.74, 6) is 3.13. The van der Waals surface area contributed by atoms with Crippen LogP contribution >= 0.6 is 23.4 Å². The minimum absolute atomic E-state index is 0.279. The zero-order chi connectivity index (χ0) is 18.6. The van der Waals surface area contributed by atoms with Crippen LogP contribution in [0.15, 0.2) is 47.6 Å². The average molecular weight is 404 g/mol. The summed E-state index contributed by atoms with van der Waals surface area (Å²) in [6.45, 7) is 1.53. The van der Waals surface area contributed by atoms with E-state index in [0.717, 1.165) is 39.4 Å². The highest BCUT2D eigenvalue weighted by Crippen LogP contribution is 2.34. The normalized spacial score (nSPS) is 12.5. The maximum Gasteiger partial charge on any atom is 0.231 e. The van der Waals surface area contributed by atoms with Gasteiger partial charge >= 0.3 is 0 Å². The van der Waals surface area contributed by atoms with Crippen molar-refractivity contribution in [1.29, 1.82) is 0 Å². The SMILES string of the molecule is COCCn1c(SCc2ccc3c(c2)OCO3)nnc1-c1ccc(Cl)cc1. The zero-order valence-corrected chi connectivity index (χ0v) is 16.3. The molecule has 140 valence electrons. The average Bonchev–Trinajstić information content (AvgIpc) is 3.31. The summed E-state index contributed by atoms with van der Waals surface area (Å²) in [7, 11) is 1.69. The van der Waals surface area contributed by atoms with Gasteiger partial charge in [0.25, 0.3) is 0 Å². The number of halogens is 1. The summed E-state index contributed by atoms with van der Waals surface area (Å²) in [4.78, 5) is 0. The molecule has 0 unspecified atom stereocenters. The fourth-order valence-electron chi connectivity index (χ4n) is 2.77. The molecule has 4 rings (SSSR count). The van der Waals surface area contributed by atoms with Gasteiger partial charge in [0.05, 0.1) is 13.2 Å². The van der Waals surface area contributed by atoms with Crippen LogP contribution in [0.3, 0.4) is 0 Å². The van der Waals surface area contributed by atoms with Crippen molar-refractivity contribution in [2.75, 3.05) is 20.5 Å². The number of fused-ring (bicyclic) bond motifs is 1. The molecule has 0 radical (unpaired) electrons. The number of aromatic nitrogens is 3. The van der Waals surface area contributed by atoms with Crippen LogP contribution < -0.4 is 9.47 Å². The van der Waals surface area contributed by atoms with Crippen molar-refractivity contribution in [3.05, 3.63) is 53.1 Å². The summed E-state index contributed by atoms with van der Waals surface area (Å²) >= 11 is 7.63. The molecule has 0 saturated carbocycles. The number of rotatable bonds is 7. The lowest BCUT2D eigenvalue weighted by Crippen LogP contribution is -2.07. The third-order valence-electron chi connectivity index (χ3n) is 4.14. The van der Waals surface area contributed by atoms with Crippen LogP contribution in [0.1, 0.15) is 5.56 Å². The van der Waals surface area contributed by atoms with Crippen molar-refractivity contribution in [3.63, 3.8) is 0 Å². The van der Waals surface area contributed by atoms with Crippen LogP contribution in [0.2, 0.25) is 5.02 Å². The lowest BCUT2D eigenvalue weighted by Gasteiger charge is -2.10. The monoisotopic (exact) mass is 403 g/mol. The summed E-state index contributed by atoms with van der Waals surface area (Å²) in [5, 5.41) is 10.3. The Morgan fingerprint density at radius 3 is 2.74 bits per heavy atom. The van der Waals surface area contributed by atoms with Gasteiger partial charge in [0.15, 0.2) is 22.5 Å².